The minimum Gasteiger partial charge on any atom is -0.0499 e. The van der Waals surface area contributed by atoms with Crippen LogP contribution in [0.5, 0.6) is 0 Å². The molecule has 15 heavy (non-hydrogen) atoms. The predicted molar refractivity (Wildman–Crippen MR) is 58.0 cm³/mol. The quantitative estimate of drug-likeness (QED) is 0.563. The molecule has 0 heterocycles. The van der Waals surface area contributed by atoms with Crippen molar-refractivity contribution in [3.05, 3.63) is 0 Å². The molecule has 0 aromatic heterocycles. The van der Waals surface area contributed by atoms with Crippen LogP contribution in [-0.4, -0.2) is 0 Å². The smallest absolute Gasteiger partial charge is 0.0312 e. The molecule has 0 amide bonds. The maximum absolute atomic E-state index is 1.68. The van der Waals surface area contributed by atoms with E-state index in [2.05, 4.69) is 0 Å². The minimum absolute atomic E-state index is 1.19. The Balaban J connectivity index is 1.64. The average molecular weight is 200 g/mol. The maximum atomic E-state index is 1.68. The zero-order chi connectivity index (χ0) is 9.31. The Labute approximate surface area is 91.8 Å². The zero-order valence-corrected chi connectivity index (χ0v) is 9.31. The van der Waals surface area contributed by atoms with Gasteiger partial charge in [0.25, 0.3) is 0 Å². The predicted octanol–water partition coefficient (Wildman–Crippen LogP) is 3.18. The van der Waals surface area contributed by atoms with Gasteiger partial charge in [-0.2, -0.15) is 0 Å². The highest BCUT2D eigenvalue weighted by Gasteiger charge is 2.77. The van der Waals surface area contributed by atoms with Crippen LogP contribution in [0, 0.1) is 59.2 Å². The first-order valence-corrected chi connectivity index (χ1v) is 7.43. The molecular weight excluding hydrogens is 180 g/mol. The van der Waals surface area contributed by atoms with Gasteiger partial charge in [-0.05, 0) is 91.3 Å². The fourth-order valence-electron chi connectivity index (χ4n) is 8.08. The molecule has 0 aliphatic heterocycles. The molecule has 80 valence electrons. The van der Waals surface area contributed by atoms with E-state index in [4.69, 9.17) is 0 Å². The number of hydrogen-bond donors (Lipinski definition) is 0. The van der Waals surface area contributed by atoms with Crippen LogP contribution in [0.3, 0.4) is 0 Å². The summed E-state index contributed by atoms with van der Waals surface area (Å²) in [6, 6.07) is 0. The first kappa shape index (κ1) is 7.35. The lowest BCUT2D eigenvalue weighted by Crippen LogP contribution is -2.64. The summed E-state index contributed by atoms with van der Waals surface area (Å²) in [4.78, 5) is 0. The molecule has 0 N–H and O–H groups in total. The lowest BCUT2D eigenvalue weighted by atomic mass is 9.36. The third kappa shape index (κ3) is 0.542. The van der Waals surface area contributed by atoms with Gasteiger partial charge in [-0.25, -0.2) is 0 Å². The van der Waals surface area contributed by atoms with E-state index in [1.54, 1.807) is 32.1 Å². The van der Waals surface area contributed by atoms with Crippen LogP contribution in [0.15, 0.2) is 0 Å². The van der Waals surface area contributed by atoms with Crippen molar-refractivity contribution in [2.75, 3.05) is 0 Å². The molecule has 0 spiro atoms. The molecule has 0 nitrogen and oxygen atoms in total. The lowest BCUT2D eigenvalue weighted by molar-refractivity contribution is -0.215. The van der Waals surface area contributed by atoms with E-state index in [1.807, 2.05) is 0 Å². The monoisotopic (exact) mass is 200 g/mol. The van der Waals surface area contributed by atoms with Crippen LogP contribution < -0.4 is 0 Å². The molecule has 4 bridgehead atoms. The summed E-state index contributed by atoms with van der Waals surface area (Å²) in [6.45, 7) is 0. The van der Waals surface area contributed by atoms with E-state index in [-0.39, 0.29) is 0 Å². The second-order valence-electron chi connectivity index (χ2n) is 7.77. The summed E-state index contributed by atoms with van der Waals surface area (Å²) in [5.41, 5.74) is 0. The van der Waals surface area contributed by atoms with Crippen molar-refractivity contribution in [3.8, 4) is 0 Å². The van der Waals surface area contributed by atoms with Crippen LogP contribution in [-0.2, 0) is 0 Å². The highest BCUT2D eigenvalue weighted by molar-refractivity contribution is 5.25. The molecule has 0 aromatic carbocycles. The molecule has 0 heteroatoms. The van der Waals surface area contributed by atoms with Crippen LogP contribution in [0.1, 0.15) is 32.1 Å². The Kier molecular flexibility index (Phi) is 0.946. The molecular formula is C15H20. The van der Waals surface area contributed by atoms with E-state index >= 15 is 0 Å². The third-order valence-corrected chi connectivity index (χ3v) is 8.11. The molecule has 6 aliphatic rings. The van der Waals surface area contributed by atoms with E-state index in [9.17, 15) is 0 Å². The van der Waals surface area contributed by atoms with E-state index in [0.29, 0.717) is 0 Å². The summed E-state index contributed by atoms with van der Waals surface area (Å²) >= 11 is 0. The SMILES string of the molecule is C1CC2C3CC1C1CC4C2C2C3C(C1)C42. The topological polar surface area (TPSA) is 0 Å². The zero-order valence-electron chi connectivity index (χ0n) is 9.31. The second kappa shape index (κ2) is 1.93. The summed E-state index contributed by atoms with van der Waals surface area (Å²) in [6.07, 6.45) is 8.33. The standard InChI is InChI=1S/C15H20/c1-2-8-9-3-6(1)7-4-10-12(8)15-13(9)11(5-7)14(10)15/h6-15H,1-5H2. The van der Waals surface area contributed by atoms with Crippen molar-refractivity contribution in [1.29, 1.82) is 0 Å². The van der Waals surface area contributed by atoms with E-state index in [0.717, 1.165) is 0 Å². The fourth-order valence-corrected chi connectivity index (χ4v) is 8.08. The highest BCUT2D eigenvalue weighted by Crippen LogP contribution is 2.82. The van der Waals surface area contributed by atoms with Gasteiger partial charge in [0.15, 0.2) is 0 Å². The molecule has 6 aliphatic carbocycles. The van der Waals surface area contributed by atoms with Gasteiger partial charge in [0, 0.05) is 0 Å². The van der Waals surface area contributed by atoms with Gasteiger partial charge in [-0.3, -0.25) is 0 Å². The van der Waals surface area contributed by atoms with Gasteiger partial charge < -0.3 is 0 Å². The van der Waals surface area contributed by atoms with Crippen LogP contribution in [0.25, 0.3) is 0 Å². The Morgan fingerprint density at radius 3 is 2.00 bits per heavy atom. The van der Waals surface area contributed by atoms with Gasteiger partial charge in [0.2, 0.25) is 0 Å². The van der Waals surface area contributed by atoms with Gasteiger partial charge in [0.05, 0.1) is 0 Å². The van der Waals surface area contributed by atoms with E-state index < -0.39 is 0 Å². The summed E-state index contributed by atoms with van der Waals surface area (Å²) in [5, 5.41) is 0. The number of rotatable bonds is 0. The Hall–Kier alpha value is 0. The van der Waals surface area contributed by atoms with Gasteiger partial charge in [-0.1, -0.05) is 0 Å². The van der Waals surface area contributed by atoms with Crippen LogP contribution in [0.4, 0.5) is 0 Å². The first-order chi connectivity index (χ1) is 7.43. The summed E-state index contributed by atoms with van der Waals surface area (Å²) in [5.74, 6) is 12.5. The van der Waals surface area contributed by atoms with Crippen molar-refractivity contribution in [1.82, 2.24) is 0 Å². The Bertz CT molecular complexity index is 341. The van der Waals surface area contributed by atoms with Crippen molar-refractivity contribution < 1.29 is 0 Å². The van der Waals surface area contributed by atoms with Crippen molar-refractivity contribution in [2.24, 2.45) is 59.2 Å². The molecule has 10 atom stereocenters. The van der Waals surface area contributed by atoms with Crippen molar-refractivity contribution in [2.45, 2.75) is 32.1 Å². The minimum atomic E-state index is 1.19. The van der Waals surface area contributed by atoms with Crippen LogP contribution in [0.2, 0.25) is 0 Å². The average Bonchev–Trinajstić information content (AvgIpc) is 2.41. The molecule has 0 radical (unpaired) electrons. The first-order valence-electron chi connectivity index (χ1n) is 7.43. The Morgan fingerprint density at radius 1 is 0.467 bits per heavy atom. The highest BCUT2D eigenvalue weighted by atomic mass is 14.8. The molecule has 6 saturated carbocycles. The Morgan fingerprint density at radius 2 is 1.13 bits per heavy atom. The lowest BCUT2D eigenvalue weighted by Gasteiger charge is -2.69. The summed E-state index contributed by atoms with van der Waals surface area (Å²) < 4.78 is 0. The number of hydrogen-bond acceptors (Lipinski definition) is 0. The maximum Gasteiger partial charge on any atom is -0.0312 e. The van der Waals surface area contributed by atoms with Crippen LogP contribution >= 0.6 is 0 Å². The third-order valence-electron chi connectivity index (χ3n) is 8.11. The molecule has 6 fully saturated rings. The van der Waals surface area contributed by atoms with Gasteiger partial charge in [0.1, 0.15) is 0 Å². The van der Waals surface area contributed by atoms with Crippen molar-refractivity contribution >= 4 is 0 Å². The molecule has 6 rings (SSSR count). The molecule has 10 unspecified atom stereocenters. The van der Waals surface area contributed by atoms with E-state index in [1.165, 1.54) is 59.2 Å². The van der Waals surface area contributed by atoms with Gasteiger partial charge >= 0.3 is 0 Å². The second-order valence-corrected chi connectivity index (χ2v) is 7.77. The molecule has 0 aromatic rings. The van der Waals surface area contributed by atoms with Crippen molar-refractivity contribution in [3.63, 3.8) is 0 Å². The molecule has 0 saturated heterocycles. The number of fused-ring (bicyclic) bond motifs is 5. The normalized spacial score (nSPS) is 80.0. The fraction of sp³-hybridized carbons (Fsp3) is 1.00. The van der Waals surface area contributed by atoms with Gasteiger partial charge in [-0.15, -0.1) is 0 Å². The summed E-state index contributed by atoms with van der Waals surface area (Å²) in [7, 11) is 0. The largest absolute Gasteiger partial charge is 0.0499 e.